The Morgan fingerprint density at radius 3 is 2.73 bits per heavy atom. The van der Waals surface area contributed by atoms with Crippen LogP contribution >= 0.6 is 0 Å². The molecular weight excluding hydrogens is 170 g/mol. The van der Waals surface area contributed by atoms with Crippen LogP contribution in [0.2, 0.25) is 0 Å². The van der Waals surface area contributed by atoms with Crippen LogP contribution in [0.3, 0.4) is 0 Å². The van der Waals surface area contributed by atoms with E-state index in [9.17, 15) is 8.42 Å². The van der Waals surface area contributed by atoms with Crippen molar-refractivity contribution >= 4 is 16.1 Å². The highest BCUT2D eigenvalue weighted by Gasteiger charge is 2.08. The molecule has 0 saturated carbocycles. The minimum Gasteiger partial charge on any atom is -0.338 e. The summed E-state index contributed by atoms with van der Waals surface area (Å²) >= 11 is 0. The largest absolute Gasteiger partial charge is 0.338 e. The molecule has 0 bridgehead atoms. The lowest BCUT2D eigenvalue weighted by atomic mass is 10.4. The fourth-order valence-corrected chi connectivity index (χ4v) is 0.974. The second kappa shape index (κ2) is 2.51. The minimum atomic E-state index is -3.75. The normalized spacial score (nSPS) is 11.5. The van der Waals surface area contributed by atoms with Crippen molar-refractivity contribution in [1.82, 2.24) is 5.16 Å². The first-order valence-electron chi connectivity index (χ1n) is 2.71. The van der Waals surface area contributed by atoms with Crippen molar-refractivity contribution in [1.29, 1.82) is 0 Å². The number of hydrogen-bond acceptors (Lipinski definition) is 4. The van der Waals surface area contributed by atoms with E-state index < -0.39 is 10.2 Å². The maximum absolute atomic E-state index is 10.4. The molecule has 0 spiro atoms. The van der Waals surface area contributed by atoms with Crippen LogP contribution in [0.15, 0.2) is 10.7 Å². The monoisotopic (exact) mass is 177 g/mol. The molecule has 1 heterocycles. The number of rotatable bonds is 2. The molecule has 0 amide bonds. The van der Waals surface area contributed by atoms with Gasteiger partial charge in [0, 0.05) is 5.56 Å². The van der Waals surface area contributed by atoms with Gasteiger partial charge >= 0.3 is 0 Å². The maximum atomic E-state index is 10.4. The number of nitrogens with zero attached hydrogens (tertiary/aromatic N) is 1. The molecule has 0 saturated heterocycles. The van der Waals surface area contributed by atoms with Gasteiger partial charge in [0.2, 0.25) is 5.88 Å². The first kappa shape index (κ1) is 8.02. The predicted octanol–water partition coefficient (Wildman–Crippen LogP) is -0.402. The summed E-state index contributed by atoms with van der Waals surface area (Å²) in [6, 6.07) is 0. The summed E-state index contributed by atoms with van der Waals surface area (Å²) in [6.45, 7) is 1.64. The van der Waals surface area contributed by atoms with E-state index in [0.29, 0.717) is 5.56 Å². The number of nitrogens with one attached hydrogen (secondary N) is 1. The van der Waals surface area contributed by atoms with E-state index in [1.165, 1.54) is 6.20 Å². The van der Waals surface area contributed by atoms with Crippen LogP contribution in [0.25, 0.3) is 0 Å². The van der Waals surface area contributed by atoms with E-state index >= 15 is 0 Å². The van der Waals surface area contributed by atoms with Crippen LogP contribution < -0.4 is 9.86 Å². The molecule has 0 unspecified atom stereocenters. The van der Waals surface area contributed by atoms with Crippen LogP contribution in [-0.2, 0) is 10.2 Å². The van der Waals surface area contributed by atoms with Crippen molar-refractivity contribution in [2.75, 3.05) is 4.72 Å². The van der Waals surface area contributed by atoms with Crippen molar-refractivity contribution in [3.05, 3.63) is 11.8 Å². The van der Waals surface area contributed by atoms with Gasteiger partial charge in [0.25, 0.3) is 10.2 Å². The van der Waals surface area contributed by atoms with Crippen LogP contribution in [0.5, 0.6) is 0 Å². The molecule has 0 atom stereocenters. The molecule has 6 nitrogen and oxygen atoms in total. The molecule has 0 aliphatic rings. The smallest absolute Gasteiger partial charge is 0.298 e. The van der Waals surface area contributed by atoms with Crippen molar-refractivity contribution in [3.63, 3.8) is 0 Å². The van der Waals surface area contributed by atoms with Gasteiger partial charge in [0.15, 0.2) is 0 Å². The summed E-state index contributed by atoms with van der Waals surface area (Å²) < 4.78 is 27.3. The van der Waals surface area contributed by atoms with E-state index in [-0.39, 0.29) is 5.88 Å². The van der Waals surface area contributed by atoms with E-state index in [0.717, 1.165) is 0 Å². The molecule has 0 aliphatic carbocycles. The third-order valence-electron chi connectivity index (χ3n) is 0.983. The number of nitrogens with two attached hydrogens (primary N) is 1. The Kier molecular flexibility index (Phi) is 1.83. The van der Waals surface area contributed by atoms with Gasteiger partial charge in [-0.2, -0.15) is 8.42 Å². The van der Waals surface area contributed by atoms with E-state index in [4.69, 9.17) is 0 Å². The number of hydrogen-bond donors (Lipinski definition) is 2. The highest BCUT2D eigenvalue weighted by molar-refractivity contribution is 7.90. The fraction of sp³-hybridized carbons (Fsp3) is 0.250. The second-order valence-electron chi connectivity index (χ2n) is 1.99. The molecular formula is C4H7N3O3S. The van der Waals surface area contributed by atoms with Crippen LogP contribution in [0.1, 0.15) is 5.56 Å². The Morgan fingerprint density at radius 1 is 1.73 bits per heavy atom. The Hall–Kier alpha value is -1.08. The summed E-state index contributed by atoms with van der Waals surface area (Å²) in [5.41, 5.74) is 0.582. The number of anilines is 1. The van der Waals surface area contributed by atoms with Gasteiger partial charge in [-0.15, -0.1) is 0 Å². The molecule has 1 aromatic rings. The Bertz CT molecular complexity index is 341. The van der Waals surface area contributed by atoms with Gasteiger partial charge in [0.1, 0.15) is 0 Å². The number of aryl methyl sites for hydroxylation is 1. The topological polar surface area (TPSA) is 98.2 Å². The lowest BCUT2D eigenvalue weighted by molar-refractivity contribution is 0.435. The summed E-state index contributed by atoms with van der Waals surface area (Å²) in [7, 11) is -3.75. The molecule has 1 aromatic heterocycles. The van der Waals surface area contributed by atoms with Crippen molar-refractivity contribution in [2.45, 2.75) is 6.92 Å². The first-order chi connectivity index (χ1) is 4.99. The number of aromatic nitrogens is 1. The summed E-state index contributed by atoms with van der Waals surface area (Å²) in [4.78, 5) is 0. The zero-order valence-electron chi connectivity index (χ0n) is 5.73. The van der Waals surface area contributed by atoms with Crippen molar-refractivity contribution < 1.29 is 12.9 Å². The molecule has 62 valence electrons. The summed E-state index contributed by atoms with van der Waals surface area (Å²) in [5.74, 6) is 0.0486. The predicted molar refractivity (Wildman–Crippen MR) is 38.0 cm³/mol. The Labute approximate surface area is 63.5 Å². The SMILES string of the molecule is Cc1cnoc1NS(N)(=O)=O. The molecule has 0 radical (unpaired) electrons. The van der Waals surface area contributed by atoms with E-state index in [1.54, 1.807) is 6.92 Å². The highest BCUT2D eigenvalue weighted by Crippen LogP contribution is 2.12. The van der Waals surface area contributed by atoms with Gasteiger partial charge in [-0.05, 0) is 6.92 Å². The average Bonchev–Trinajstić information content (AvgIpc) is 2.12. The third-order valence-corrected chi connectivity index (χ3v) is 1.45. The maximum Gasteiger partial charge on any atom is 0.298 e. The molecule has 1 rings (SSSR count). The summed E-state index contributed by atoms with van der Waals surface area (Å²) in [6.07, 6.45) is 1.38. The van der Waals surface area contributed by atoms with Crippen molar-refractivity contribution in [3.8, 4) is 0 Å². The standard InChI is InChI=1S/C4H7N3O3S/c1-3-2-6-10-4(3)7-11(5,8)9/h2,7H,1H3,(H2,5,8,9). The molecule has 7 heteroatoms. The molecule has 11 heavy (non-hydrogen) atoms. The molecule has 3 N–H and O–H groups in total. The Morgan fingerprint density at radius 2 is 2.36 bits per heavy atom. The van der Waals surface area contributed by atoms with Gasteiger partial charge in [0.05, 0.1) is 6.20 Å². The van der Waals surface area contributed by atoms with E-state index in [2.05, 4.69) is 14.8 Å². The van der Waals surface area contributed by atoms with Gasteiger partial charge in [-0.1, -0.05) is 5.16 Å². The van der Waals surface area contributed by atoms with Crippen LogP contribution in [0, 0.1) is 6.92 Å². The van der Waals surface area contributed by atoms with E-state index in [1.807, 2.05) is 4.72 Å². The molecule has 0 aromatic carbocycles. The highest BCUT2D eigenvalue weighted by atomic mass is 32.2. The van der Waals surface area contributed by atoms with Crippen LogP contribution in [-0.4, -0.2) is 13.6 Å². The second-order valence-corrected chi connectivity index (χ2v) is 3.28. The molecule has 0 fully saturated rings. The van der Waals surface area contributed by atoms with Gasteiger partial charge in [-0.25, -0.2) is 9.86 Å². The van der Waals surface area contributed by atoms with Gasteiger partial charge in [-0.3, -0.25) is 0 Å². The van der Waals surface area contributed by atoms with Crippen molar-refractivity contribution in [2.24, 2.45) is 5.14 Å². The first-order valence-corrected chi connectivity index (χ1v) is 4.25. The Balaban J connectivity index is 2.89. The quantitative estimate of drug-likeness (QED) is 0.642. The van der Waals surface area contributed by atoms with Crippen LogP contribution in [0.4, 0.5) is 5.88 Å². The molecule has 0 aliphatic heterocycles. The summed E-state index contributed by atoms with van der Waals surface area (Å²) in [5, 5.41) is 8.02. The lowest BCUT2D eigenvalue weighted by Crippen LogP contribution is -2.21. The lowest BCUT2D eigenvalue weighted by Gasteiger charge is -1.96. The minimum absolute atomic E-state index is 0.0486. The third kappa shape index (κ3) is 2.20. The van der Waals surface area contributed by atoms with Gasteiger partial charge < -0.3 is 4.52 Å². The zero-order valence-corrected chi connectivity index (χ0v) is 6.55. The fourth-order valence-electron chi connectivity index (χ4n) is 0.517. The average molecular weight is 177 g/mol. The zero-order chi connectivity index (χ0) is 8.48.